The minimum atomic E-state index is -1.43. The molecule has 0 saturated carbocycles. The lowest BCUT2D eigenvalue weighted by Gasteiger charge is -2.06. The predicted octanol–water partition coefficient (Wildman–Crippen LogP) is 0.181. The highest BCUT2D eigenvalue weighted by Crippen LogP contribution is 2.23. The summed E-state index contributed by atoms with van der Waals surface area (Å²) in [6.07, 6.45) is 4.20. The van der Waals surface area contributed by atoms with Crippen LogP contribution in [0.3, 0.4) is 0 Å². The standard InChI is InChI=1S/C13H16BN3O2/c18-14(19)10-5-3-9(4-6-10)13-16-8-12(17-13)11-2-1-7-15-11/h3-6,8,11,15,18-19H,1-2,7H2,(H,16,17). The number of aromatic amines is 1. The Balaban J connectivity index is 1.81. The molecular formula is C13H16BN3O2. The van der Waals surface area contributed by atoms with Crippen LogP contribution in [0.2, 0.25) is 0 Å². The number of hydrogen-bond acceptors (Lipinski definition) is 4. The van der Waals surface area contributed by atoms with Crippen molar-refractivity contribution in [3.63, 3.8) is 0 Å². The molecule has 0 radical (unpaired) electrons. The minimum absolute atomic E-state index is 0.375. The fourth-order valence-corrected chi connectivity index (χ4v) is 2.42. The summed E-state index contributed by atoms with van der Waals surface area (Å²) in [6, 6.07) is 7.42. The van der Waals surface area contributed by atoms with Crippen molar-refractivity contribution in [2.75, 3.05) is 6.54 Å². The fourth-order valence-electron chi connectivity index (χ4n) is 2.42. The average Bonchev–Trinajstić information content (AvgIpc) is 3.10. The second-order valence-corrected chi connectivity index (χ2v) is 4.83. The molecule has 4 N–H and O–H groups in total. The number of benzene rings is 1. The van der Waals surface area contributed by atoms with Crippen LogP contribution in [0.5, 0.6) is 0 Å². The zero-order valence-electron chi connectivity index (χ0n) is 10.5. The molecule has 1 aliphatic rings. The van der Waals surface area contributed by atoms with Gasteiger partial charge in [0, 0.05) is 11.6 Å². The molecule has 0 amide bonds. The Hall–Kier alpha value is -1.63. The lowest BCUT2D eigenvalue weighted by molar-refractivity contribution is 0.426. The maximum Gasteiger partial charge on any atom is 0.488 e. The Morgan fingerprint density at radius 2 is 2.00 bits per heavy atom. The third-order valence-corrected chi connectivity index (χ3v) is 3.51. The zero-order valence-corrected chi connectivity index (χ0v) is 10.5. The maximum atomic E-state index is 9.06. The number of nitrogens with zero attached hydrogens (tertiary/aromatic N) is 1. The number of hydrogen-bond donors (Lipinski definition) is 4. The molecule has 1 aromatic carbocycles. The SMILES string of the molecule is OB(O)c1ccc(-c2ncc(C3CCCN3)[nH]2)cc1. The van der Waals surface area contributed by atoms with Gasteiger partial charge in [-0.25, -0.2) is 4.98 Å². The van der Waals surface area contributed by atoms with E-state index in [1.807, 2.05) is 18.3 Å². The van der Waals surface area contributed by atoms with E-state index in [1.54, 1.807) is 12.1 Å². The molecule has 19 heavy (non-hydrogen) atoms. The second kappa shape index (κ2) is 5.17. The van der Waals surface area contributed by atoms with Gasteiger partial charge in [-0.1, -0.05) is 24.3 Å². The quantitative estimate of drug-likeness (QED) is 0.591. The van der Waals surface area contributed by atoms with Gasteiger partial charge in [0.15, 0.2) is 0 Å². The first-order valence-electron chi connectivity index (χ1n) is 6.49. The predicted molar refractivity (Wildman–Crippen MR) is 73.8 cm³/mol. The van der Waals surface area contributed by atoms with E-state index in [1.165, 1.54) is 6.42 Å². The van der Waals surface area contributed by atoms with Crippen LogP contribution in [0.15, 0.2) is 30.5 Å². The highest BCUT2D eigenvalue weighted by atomic mass is 16.4. The van der Waals surface area contributed by atoms with Gasteiger partial charge in [0.2, 0.25) is 0 Å². The van der Waals surface area contributed by atoms with Gasteiger partial charge in [-0.15, -0.1) is 0 Å². The molecule has 1 atom stereocenters. The Labute approximate surface area is 111 Å². The van der Waals surface area contributed by atoms with Crippen molar-refractivity contribution >= 4 is 12.6 Å². The number of H-pyrrole nitrogens is 1. The summed E-state index contributed by atoms with van der Waals surface area (Å²) in [7, 11) is -1.43. The molecule has 0 spiro atoms. The highest BCUT2D eigenvalue weighted by molar-refractivity contribution is 6.58. The lowest BCUT2D eigenvalue weighted by atomic mass is 9.80. The van der Waals surface area contributed by atoms with Crippen molar-refractivity contribution in [2.45, 2.75) is 18.9 Å². The fraction of sp³-hybridized carbons (Fsp3) is 0.308. The van der Waals surface area contributed by atoms with E-state index < -0.39 is 7.12 Å². The number of rotatable bonds is 3. The summed E-state index contributed by atoms with van der Waals surface area (Å²) in [5, 5.41) is 21.5. The Morgan fingerprint density at radius 3 is 2.63 bits per heavy atom. The number of nitrogens with one attached hydrogen (secondary N) is 2. The summed E-state index contributed by atoms with van der Waals surface area (Å²) < 4.78 is 0. The Morgan fingerprint density at radius 1 is 1.21 bits per heavy atom. The summed E-state index contributed by atoms with van der Waals surface area (Å²) in [4.78, 5) is 7.71. The van der Waals surface area contributed by atoms with E-state index in [2.05, 4.69) is 15.3 Å². The summed E-state index contributed by atoms with van der Waals surface area (Å²) in [5.41, 5.74) is 2.53. The summed E-state index contributed by atoms with van der Waals surface area (Å²) in [6.45, 7) is 1.06. The second-order valence-electron chi connectivity index (χ2n) is 4.83. The van der Waals surface area contributed by atoms with Gasteiger partial charge in [-0.05, 0) is 24.8 Å². The molecule has 6 heteroatoms. The minimum Gasteiger partial charge on any atom is -0.423 e. The molecule has 0 aliphatic carbocycles. The summed E-state index contributed by atoms with van der Waals surface area (Å²) in [5.74, 6) is 0.808. The van der Waals surface area contributed by atoms with Crippen LogP contribution in [0.4, 0.5) is 0 Å². The smallest absolute Gasteiger partial charge is 0.423 e. The van der Waals surface area contributed by atoms with Crippen LogP contribution in [0.1, 0.15) is 24.6 Å². The normalized spacial score (nSPS) is 18.7. The van der Waals surface area contributed by atoms with Crippen LogP contribution in [0, 0.1) is 0 Å². The van der Waals surface area contributed by atoms with Crippen LogP contribution in [-0.4, -0.2) is 33.7 Å². The van der Waals surface area contributed by atoms with Crippen LogP contribution >= 0.6 is 0 Å². The van der Waals surface area contributed by atoms with Crippen molar-refractivity contribution in [1.82, 2.24) is 15.3 Å². The van der Waals surface area contributed by atoms with Crippen molar-refractivity contribution in [2.24, 2.45) is 0 Å². The van der Waals surface area contributed by atoms with Crippen molar-refractivity contribution < 1.29 is 10.0 Å². The van der Waals surface area contributed by atoms with Crippen molar-refractivity contribution in [3.8, 4) is 11.4 Å². The zero-order chi connectivity index (χ0) is 13.2. The van der Waals surface area contributed by atoms with Gasteiger partial charge in [0.1, 0.15) is 5.82 Å². The van der Waals surface area contributed by atoms with E-state index in [4.69, 9.17) is 10.0 Å². The molecule has 1 aromatic heterocycles. The Bertz CT molecular complexity index is 547. The van der Waals surface area contributed by atoms with E-state index in [-0.39, 0.29) is 0 Å². The molecule has 98 valence electrons. The van der Waals surface area contributed by atoms with Gasteiger partial charge in [-0.3, -0.25) is 0 Å². The molecule has 1 fully saturated rings. The molecule has 0 bridgehead atoms. The lowest BCUT2D eigenvalue weighted by Crippen LogP contribution is -2.29. The van der Waals surface area contributed by atoms with E-state index in [0.717, 1.165) is 30.0 Å². The molecule has 2 aromatic rings. The first-order chi connectivity index (χ1) is 9.24. The van der Waals surface area contributed by atoms with Crippen molar-refractivity contribution in [3.05, 3.63) is 36.2 Å². The largest absolute Gasteiger partial charge is 0.488 e. The molecule has 1 unspecified atom stereocenters. The van der Waals surface area contributed by atoms with Crippen LogP contribution in [0.25, 0.3) is 11.4 Å². The maximum absolute atomic E-state index is 9.06. The van der Waals surface area contributed by atoms with E-state index in [9.17, 15) is 0 Å². The highest BCUT2D eigenvalue weighted by Gasteiger charge is 2.18. The molecule has 1 aliphatic heterocycles. The van der Waals surface area contributed by atoms with Gasteiger partial charge in [-0.2, -0.15) is 0 Å². The third-order valence-electron chi connectivity index (χ3n) is 3.51. The van der Waals surface area contributed by atoms with Crippen LogP contribution in [-0.2, 0) is 0 Å². The average molecular weight is 257 g/mol. The molecule has 1 saturated heterocycles. The van der Waals surface area contributed by atoms with Gasteiger partial charge in [0.05, 0.1) is 11.9 Å². The monoisotopic (exact) mass is 257 g/mol. The first-order valence-corrected chi connectivity index (χ1v) is 6.49. The van der Waals surface area contributed by atoms with Crippen LogP contribution < -0.4 is 10.8 Å². The number of aromatic nitrogens is 2. The topological polar surface area (TPSA) is 81.2 Å². The van der Waals surface area contributed by atoms with E-state index in [0.29, 0.717) is 11.5 Å². The first kappa shape index (κ1) is 12.4. The van der Waals surface area contributed by atoms with Gasteiger partial charge >= 0.3 is 7.12 Å². The third kappa shape index (κ3) is 2.56. The number of imidazole rings is 1. The van der Waals surface area contributed by atoms with Gasteiger partial charge in [0.25, 0.3) is 0 Å². The van der Waals surface area contributed by atoms with E-state index >= 15 is 0 Å². The molecule has 2 heterocycles. The van der Waals surface area contributed by atoms with Gasteiger partial charge < -0.3 is 20.3 Å². The molecule has 5 nitrogen and oxygen atoms in total. The van der Waals surface area contributed by atoms with Crippen molar-refractivity contribution in [1.29, 1.82) is 0 Å². The Kier molecular flexibility index (Phi) is 3.37. The summed E-state index contributed by atoms with van der Waals surface area (Å²) >= 11 is 0. The molecular weight excluding hydrogens is 241 g/mol. The molecule has 3 rings (SSSR count).